The number of aliphatic hydroxyl groups is 1. The summed E-state index contributed by atoms with van der Waals surface area (Å²) in [4.78, 5) is 5.17. The lowest BCUT2D eigenvalue weighted by Gasteiger charge is -2.13. The molecule has 16 heavy (non-hydrogen) atoms. The van der Waals surface area contributed by atoms with Gasteiger partial charge in [-0.1, -0.05) is 0 Å². The average Bonchev–Trinajstić information content (AvgIpc) is 2.70. The predicted molar refractivity (Wildman–Crippen MR) is 66.6 cm³/mol. The van der Waals surface area contributed by atoms with E-state index in [1.54, 1.807) is 0 Å². The van der Waals surface area contributed by atoms with E-state index in [0.717, 1.165) is 22.2 Å². The second kappa shape index (κ2) is 4.15. The third-order valence-electron chi connectivity index (χ3n) is 2.80. The highest BCUT2D eigenvalue weighted by atomic mass is 16.3. The molecule has 4 nitrogen and oxygen atoms in total. The molecule has 0 saturated heterocycles. The second-order valence-corrected chi connectivity index (χ2v) is 4.12. The number of aliphatic hydroxyl groups excluding tert-OH is 1. The smallest absolute Gasteiger partial charge is 0.0932 e. The molecule has 4 heteroatoms. The van der Waals surface area contributed by atoms with Gasteiger partial charge in [-0.15, -0.1) is 0 Å². The highest BCUT2D eigenvalue weighted by Gasteiger charge is 2.11. The van der Waals surface area contributed by atoms with Crippen molar-refractivity contribution >= 4 is 16.6 Å². The second-order valence-electron chi connectivity index (χ2n) is 4.12. The Balaban J connectivity index is 2.55. The maximum absolute atomic E-state index is 9.79. The quantitative estimate of drug-likeness (QED) is 0.727. The van der Waals surface area contributed by atoms with Crippen LogP contribution in [0.1, 0.15) is 11.7 Å². The van der Waals surface area contributed by atoms with Gasteiger partial charge in [-0.3, -0.25) is 0 Å². The number of hydrogen-bond donors (Lipinski definition) is 3. The van der Waals surface area contributed by atoms with Gasteiger partial charge >= 0.3 is 0 Å². The zero-order valence-electron chi connectivity index (χ0n) is 9.57. The van der Waals surface area contributed by atoms with Gasteiger partial charge in [0.1, 0.15) is 0 Å². The van der Waals surface area contributed by atoms with Crippen molar-refractivity contribution in [2.45, 2.75) is 6.10 Å². The van der Waals surface area contributed by atoms with Crippen LogP contribution in [0.2, 0.25) is 0 Å². The summed E-state index contributed by atoms with van der Waals surface area (Å²) < 4.78 is 0. The first-order chi connectivity index (χ1) is 7.63. The highest BCUT2D eigenvalue weighted by molar-refractivity contribution is 5.87. The van der Waals surface area contributed by atoms with E-state index in [-0.39, 0.29) is 6.54 Å². The number of aromatic nitrogens is 1. The summed E-state index contributed by atoms with van der Waals surface area (Å²) >= 11 is 0. The molecule has 0 fully saturated rings. The summed E-state index contributed by atoms with van der Waals surface area (Å²) in [6.07, 6.45) is 1.22. The highest BCUT2D eigenvalue weighted by Crippen LogP contribution is 2.27. The van der Waals surface area contributed by atoms with Gasteiger partial charge in [0.2, 0.25) is 0 Å². The fourth-order valence-corrected chi connectivity index (χ4v) is 1.81. The predicted octanol–water partition coefficient (Wildman–Crippen LogP) is 1.23. The van der Waals surface area contributed by atoms with Crippen LogP contribution in [0.3, 0.4) is 0 Å². The van der Waals surface area contributed by atoms with Crippen LogP contribution in [0.25, 0.3) is 10.9 Å². The third kappa shape index (κ3) is 1.77. The summed E-state index contributed by atoms with van der Waals surface area (Å²) in [5.74, 6) is 0. The van der Waals surface area contributed by atoms with E-state index in [1.807, 2.05) is 37.3 Å². The van der Waals surface area contributed by atoms with Crippen LogP contribution in [-0.2, 0) is 0 Å². The van der Waals surface area contributed by atoms with Crippen LogP contribution in [-0.4, -0.2) is 30.7 Å². The molecule has 0 bridgehead atoms. The Hall–Kier alpha value is -1.52. The van der Waals surface area contributed by atoms with E-state index >= 15 is 0 Å². The standard InChI is InChI=1S/C12H17N3O/c1-15(2)8-3-4-11-9(5-8)10(7-14-11)12(16)6-13/h3-5,7,12,14,16H,6,13H2,1-2H3. The van der Waals surface area contributed by atoms with Gasteiger partial charge in [0.05, 0.1) is 6.10 Å². The Morgan fingerprint density at radius 1 is 1.44 bits per heavy atom. The topological polar surface area (TPSA) is 65.3 Å². The SMILES string of the molecule is CN(C)c1ccc2[nH]cc(C(O)CN)c2c1. The molecule has 1 atom stereocenters. The van der Waals surface area contributed by atoms with Crippen molar-refractivity contribution in [2.24, 2.45) is 5.73 Å². The Bertz CT molecular complexity index is 490. The molecular weight excluding hydrogens is 202 g/mol. The third-order valence-corrected chi connectivity index (χ3v) is 2.80. The summed E-state index contributed by atoms with van der Waals surface area (Å²) in [7, 11) is 3.99. The van der Waals surface area contributed by atoms with Gasteiger partial charge in [-0.25, -0.2) is 0 Å². The summed E-state index contributed by atoms with van der Waals surface area (Å²) in [6, 6.07) is 6.11. The van der Waals surface area contributed by atoms with Gasteiger partial charge in [0.25, 0.3) is 0 Å². The summed E-state index contributed by atoms with van der Waals surface area (Å²) in [6.45, 7) is 0.235. The molecule has 2 rings (SSSR count). The van der Waals surface area contributed by atoms with Crippen molar-refractivity contribution < 1.29 is 5.11 Å². The van der Waals surface area contributed by atoms with E-state index in [0.29, 0.717) is 0 Å². The molecule has 4 N–H and O–H groups in total. The zero-order chi connectivity index (χ0) is 11.7. The van der Waals surface area contributed by atoms with Crippen molar-refractivity contribution in [3.63, 3.8) is 0 Å². The van der Waals surface area contributed by atoms with E-state index in [1.165, 1.54) is 0 Å². The lowest BCUT2D eigenvalue weighted by molar-refractivity contribution is 0.188. The molecule has 0 saturated carbocycles. The Morgan fingerprint density at radius 2 is 2.19 bits per heavy atom. The minimum atomic E-state index is -0.605. The monoisotopic (exact) mass is 219 g/mol. The Kier molecular flexibility index (Phi) is 2.85. The van der Waals surface area contributed by atoms with Crippen LogP contribution in [0.15, 0.2) is 24.4 Å². The molecule has 0 amide bonds. The molecule has 0 aliphatic heterocycles. The first kappa shape index (κ1) is 11.0. The number of nitrogens with zero attached hydrogens (tertiary/aromatic N) is 1. The normalized spacial score (nSPS) is 13.0. The molecule has 0 radical (unpaired) electrons. The number of nitrogens with one attached hydrogen (secondary N) is 1. The largest absolute Gasteiger partial charge is 0.387 e. The lowest BCUT2D eigenvalue weighted by Crippen LogP contribution is -2.11. The van der Waals surface area contributed by atoms with Crippen molar-refractivity contribution in [1.29, 1.82) is 0 Å². The molecule has 0 spiro atoms. The Morgan fingerprint density at radius 3 is 2.81 bits per heavy atom. The molecule has 1 heterocycles. The molecule has 1 aromatic carbocycles. The number of rotatable bonds is 3. The Labute approximate surface area is 94.7 Å². The minimum Gasteiger partial charge on any atom is -0.387 e. The van der Waals surface area contributed by atoms with Crippen molar-refractivity contribution in [2.75, 3.05) is 25.5 Å². The van der Waals surface area contributed by atoms with Gasteiger partial charge in [-0.05, 0) is 18.2 Å². The van der Waals surface area contributed by atoms with Crippen LogP contribution in [0, 0.1) is 0 Å². The molecule has 0 aliphatic rings. The van der Waals surface area contributed by atoms with E-state index in [9.17, 15) is 5.11 Å². The number of aromatic amines is 1. The maximum atomic E-state index is 9.79. The number of fused-ring (bicyclic) bond motifs is 1. The van der Waals surface area contributed by atoms with Gasteiger partial charge in [-0.2, -0.15) is 0 Å². The molecular formula is C12H17N3O. The number of hydrogen-bond acceptors (Lipinski definition) is 3. The van der Waals surface area contributed by atoms with Crippen LogP contribution < -0.4 is 10.6 Å². The fraction of sp³-hybridized carbons (Fsp3) is 0.333. The lowest BCUT2D eigenvalue weighted by atomic mass is 10.1. The zero-order valence-corrected chi connectivity index (χ0v) is 9.57. The number of anilines is 1. The number of nitrogens with two attached hydrogens (primary N) is 1. The van der Waals surface area contributed by atoms with E-state index in [4.69, 9.17) is 5.73 Å². The van der Waals surface area contributed by atoms with E-state index in [2.05, 4.69) is 11.1 Å². The van der Waals surface area contributed by atoms with E-state index < -0.39 is 6.10 Å². The van der Waals surface area contributed by atoms with Crippen LogP contribution >= 0.6 is 0 Å². The summed E-state index contributed by atoms with van der Waals surface area (Å²) in [5.41, 5.74) is 8.47. The van der Waals surface area contributed by atoms with Crippen molar-refractivity contribution in [3.05, 3.63) is 30.0 Å². The fourth-order valence-electron chi connectivity index (χ4n) is 1.81. The van der Waals surface area contributed by atoms with Gasteiger partial charge < -0.3 is 20.7 Å². The van der Waals surface area contributed by atoms with Gasteiger partial charge in [0, 0.05) is 49.0 Å². The molecule has 86 valence electrons. The van der Waals surface area contributed by atoms with Crippen LogP contribution in [0.4, 0.5) is 5.69 Å². The van der Waals surface area contributed by atoms with Gasteiger partial charge in [0.15, 0.2) is 0 Å². The maximum Gasteiger partial charge on any atom is 0.0932 e. The first-order valence-electron chi connectivity index (χ1n) is 5.30. The molecule has 1 aromatic heterocycles. The van der Waals surface area contributed by atoms with Crippen molar-refractivity contribution in [3.8, 4) is 0 Å². The van der Waals surface area contributed by atoms with Crippen LogP contribution in [0.5, 0.6) is 0 Å². The molecule has 1 unspecified atom stereocenters. The number of H-pyrrole nitrogens is 1. The average molecular weight is 219 g/mol. The molecule has 2 aromatic rings. The van der Waals surface area contributed by atoms with Crippen molar-refractivity contribution in [1.82, 2.24) is 4.98 Å². The first-order valence-corrected chi connectivity index (χ1v) is 5.30. The summed E-state index contributed by atoms with van der Waals surface area (Å²) in [5, 5.41) is 10.8. The minimum absolute atomic E-state index is 0.235. The number of benzene rings is 1. The molecule has 0 aliphatic carbocycles.